The number of nitrogens with zero attached hydrogens (tertiary/aromatic N) is 8. The smallest absolute Gasteiger partial charge is 0.408 e. The number of rotatable bonds is 19. The number of fused-ring (bicyclic) bond motifs is 2. The van der Waals surface area contributed by atoms with Gasteiger partial charge in [-0.05, 0) is 67.7 Å². The van der Waals surface area contributed by atoms with Crippen LogP contribution in [0.3, 0.4) is 0 Å². The Morgan fingerprint density at radius 3 is 2.12 bits per heavy atom. The van der Waals surface area contributed by atoms with Crippen LogP contribution in [0.25, 0.3) is 22.3 Å². The average molecular weight is 1070 g/mol. The van der Waals surface area contributed by atoms with Crippen LogP contribution in [0.4, 0.5) is 5.82 Å². The number of phosphoric acid groups is 1. The van der Waals surface area contributed by atoms with Crippen LogP contribution >= 0.6 is 7.82 Å². The van der Waals surface area contributed by atoms with Gasteiger partial charge in [0.2, 0.25) is 0 Å². The Labute approximate surface area is 425 Å². The number of H-pyrrole nitrogens is 1. The SMILES string of the molecule is CC(C)(C)[Si](C)(C)O[C@@H]1C(CO)OC(n2cnc3c(NC(=O)c4ccccc4)ncnc32)[C@@H]1OP(=O)(OCCC#N)OCC1OC(n2cnc3c(=O)[nH]cnc32)[C@H](OC2CCCCO2)[C@@H]1O[Si](C)(C)C(C)(C)C. The molecule has 3 saturated heterocycles. The number of aromatic amines is 1. The maximum absolute atomic E-state index is 15.6. The number of nitrogens with one attached hydrogen (secondary N) is 2. The Balaban J connectivity index is 1.18. The molecule has 3 aliphatic heterocycles. The van der Waals surface area contributed by atoms with E-state index in [9.17, 15) is 20.0 Å². The van der Waals surface area contributed by atoms with E-state index in [1.165, 1.54) is 29.9 Å². The lowest BCUT2D eigenvalue weighted by atomic mass is 10.1. The van der Waals surface area contributed by atoms with Gasteiger partial charge in [-0.2, -0.15) is 5.26 Å². The normalized spacial score (nSPS) is 26.0. The standard InChI is InChI=1S/C47H67N10O13PSi2/c1-46(2,3)72(7,8)69-35-30(23-58)65-45(56-27-53-33-39(49-25-50-40(33)56)55-42(59)29-17-12-11-13-18-29)38(35)68-71(61,63-22-16-20-48)64-24-31-36(70-73(9,10)47(4,5)6)37(67-32-19-14-15-21-62-32)44(66-31)57-28-54-34-41(57)51-26-52-43(34)60/h11-13,17-18,25-28,30-32,35-38,44-45,58H,14-16,19,21-24H2,1-10H3,(H,51,52,60)(H,49,50,55,59)/t30?,31?,32?,35-,36-,37-,38-,44?,45?,71?/m1/s1. The Morgan fingerprint density at radius 1 is 0.863 bits per heavy atom. The summed E-state index contributed by atoms with van der Waals surface area (Å²) in [6.45, 7) is 19.8. The second-order valence-electron chi connectivity index (χ2n) is 21.4. The second kappa shape index (κ2) is 21.9. The van der Waals surface area contributed by atoms with Crippen molar-refractivity contribution in [3.8, 4) is 6.07 Å². The first-order valence-electron chi connectivity index (χ1n) is 24.5. The van der Waals surface area contributed by atoms with Crippen LogP contribution < -0.4 is 10.9 Å². The number of hydrogen-bond acceptors (Lipinski definition) is 19. The van der Waals surface area contributed by atoms with Crippen LogP contribution in [0.15, 0.2) is 60.4 Å². The van der Waals surface area contributed by atoms with Crippen molar-refractivity contribution in [2.45, 2.75) is 159 Å². The number of nitriles is 1. The first-order chi connectivity index (χ1) is 34.5. The number of aliphatic hydroxyl groups excluding tert-OH is 1. The number of anilines is 1. The fourth-order valence-electron chi connectivity index (χ4n) is 8.28. The van der Waals surface area contributed by atoms with Crippen LogP contribution in [-0.4, -0.2) is 136 Å². The first kappa shape index (κ1) is 54.6. The zero-order chi connectivity index (χ0) is 52.5. The molecule has 396 valence electrons. The van der Waals surface area contributed by atoms with Gasteiger partial charge in [-0.3, -0.25) is 32.3 Å². The topological polar surface area (TPSA) is 280 Å². The van der Waals surface area contributed by atoms with E-state index in [-0.39, 0.29) is 51.2 Å². The highest BCUT2D eigenvalue weighted by Crippen LogP contribution is 2.56. The summed E-state index contributed by atoms with van der Waals surface area (Å²) in [6.07, 6.45) is -1.62. The number of aliphatic hydroxyl groups is 1. The predicted octanol–water partition coefficient (Wildman–Crippen LogP) is 7.13. The largest absolute Gasteiger partial charge is 0.475 e. The Morgan fingerprint density at radius 2 is 1.49 bits per heavy atom. The van der Waals surface area contributed by atoms with Gasteiger partial charge < -0.3 is 43.2 Å². The Bertz CT molecular complexity index is 2860. The third-order valence-electron chi connectivity index (χ3n) is 14.3. The van der Waals surface area contributed by atoms with Crippen LogP contribution in [0, 0.1) is 11.3 Å². The molecule has 3 N–H and O–H groups in total. The van der Waals surface area contributed by atoms with E-state index in [0.717, 1.165) is 12.8 Å². The number of phosphoric ester groups is 1. The highest BCUT2D eigenvalue weighted by Gasteiger charge is 2.57. The average Bonchev–Trinajstić information content (AvgIpc) is 4.13. The number of imidazole rings is 2. The summed E-state index contributed by atoms with van der Waals surface area (Å²) < 4.78 is 78.4. The van der Waals surface area contributed by atoms with E-state index in [0.29, 0.717) is 18.6 Å². The monoisotopic (exact) mass is 1070 g/mol. The first-order valence-corrected chi connectivity index (χ1v) is 31.8. The summed E-state index contributed by atoms with van der Waals surface area (Å²) >= 11 is 0. The fourth-order valence-corrected chi connectivity index (χ4v) is 12.3. The molecule has 5 aromatic rings. The van der Waals surface area contributed by atoms with E-state index < -0.39 is 105 Å². The molecule has 4 aromatic heterocycles. The molecule has 7 heterocycles. The highest BCUT2D eigenvalue weighted by molar-refractivity contribution is 7.48. The predicted molar refractivity (Wildman–Crippen MR) is 270 cm³/mol. The van der Waals surface area contributed by atoms with Crippen LogP contribution in [0.2, 0.25) is 36.3 Å². The molecular formula is C47H67N10O13PSi2. The Hall–Kier alpha value is -4.66. The summed E-state index contributed by atoms with van der Waals surface area (Å²) in [6, 6.07) is 10.6. The molecule has 6 unspecified atom stereocenters. The van der Waals surface area contributed by atoms with Gasteiger partial charge in [0.05, 0.1) is 51.3 Å². The van der Waals surface area contributed by atoms with Crippen LogP contribution in [0.5, 0.6) is 0 Å². The van der Waals surface area contributed by atoms with Gasteiger partial charge in [-0.25, -0.2) is 29.5 Å². The van der Waals surface area contributed by atoms with Crippen molar-refractivity contribution >= 4 is 58.5 Å². The molecule has 3 aliphatic rings. The molecule has 26 heteroatoms. The van der Waals surface area contributed by atoms with E-state index in [1.807, 2.05) is 19.2 Å². The summed E-state index contributed by atoms with van der Waals surface area (Å²) in [5.74, 6) is -0.313. The van der Waals surface area contributed by atoms with Crippen molar-refractivity contribution in [2.24, 2.45) is 0 Å². The number of ether oxygens (including phenoxy) is 4. The molecule has 0 bridgehead atoms. The van der Waals surface area contributed by atoms with Gasteiger partial charge in [0.1, 0.15) is 43.0 Å². The number of amides is 1. The lowest BCUT2D eigenvalue weighted by Gasteiger charge is -2.41. The van der Waals surface area contributed by atoms with Crippen molar-refractivity contribution in [3.05, 3.63) is 71.6 Å². The zero-order valence-electron chi connectivity index (χ0n) is 42.9. The molecule has 10 atom stereocenters. The van der Waals surface area contributed by atoms with Crippen LogP contribution in [-0.2, 0) is 45.9 Å². The number of hydrogen-bond donors (Lipinski definition) is 3. The van der Waals surface area contributed by atoms with Crippen molar-refractivity contribution in [1.29, 1.82) is 5.26 Å². The third-order valence-corrected chi connectivity index (χ3v) is 24.7. The quantitative estimate of drug-likeness (QED) is 0.0421. The maximum atomic E-state index is 15.6. The third kappa shape index (κ3) is 11.8. The minimum absolute atomic E-state index is 0.0819. The summed E-state index contributed by atoms with van der Waals surface area (Å²) in [5, 5.41) is 22.8. The molecule has 8 rings (SSSR count). The van der Waals surface area contributed by atoms with Crippen molar-refractivity contribution in [1.82, 2.24) is 39.0 Å². The van der Waals surface area contributed by atoms with Gasteiger partial charge in [-0.1, -0.05) is 59.7 Å². The fraction of sp³-hybridized carbons (Fsp3) is 0.617. The van der Waals surface area contributed by atoms with E-state index in [4.69, 9.17) is 41.4 Å². The van der Waals surface area contributed by atoms with Crippen molar-refractivity contribution in [3.63, 3.8) is 0 Å². The Kier molecular flexibility index (Phi) is 16.4. The van der Waals surface area contributed by atoms with E-state index >= 15 is 4.57 Å². The molecule has 0 spiro atoms. The van der Waals surface area contributed by atoms with Crippen LogP contribution in [0.1, 0.15) is 90.0 Å². The molecular weight excluding hydrogens is 1000 g/mol. The minimum Gasteiger partial charge on any atom is -0.408 e. The van der Waals surface area contributed by atoms with Crippen molar-refractivity contribution < 1.29 is 55.8 Å². The number of carbonyl (C=O) groups is 1. The number of aromatic nitrogens is 8. The molecule has 23 nitrogen and oxygen atoms in total. The molecule has 0 saturated carbocycles. The number of benzene rings is 1. The van der Waals surface area contributed by atoms with Crippen molar-refractivity contribution in [2.75, 3.05) is 31.7 Å². The van der Waals surface area contributed by atoms with Gasteiger partial charge in [0.15, 0.2) is 63.5 Å². The molecule has 1 aromatic carbocycles. The van der Waals surface area contributed by atoms with Gasteiger partial charge in [0, 0.05) is 12.2 Å². The summed E-state index contributed by atoms with van der Waals surface area (Å²) in [5.41, 5.74) is 0.668. The maximum Gasteiger partial charge on any atom is 0.475 e. The van der Waals surface area contributed by atoms with E-state index in [1.54, 1.807) is 34.9 Å². The lowest BCUT2D eigenvalue weighted by molar-refractivity contribution is -0.214. The second-order valence-corrected chi connectivity index (χ2v) is 32.5. The highest BCUT2D eigenvalue weighted by atomic mass is 31.2. The van der Waals surface area contributed by atoms with Gasteiger partial charge >= 0.3 is 7.82 Å². The number of carbonyl (C=O) groups excluding carboxylic acids is 1. The summed E-state index contributed by atoms with van der Waals surface area (Å²) in [4.78, 5) is 51.0. The molecule has 3 fully saturated rings. The molecule has 1 amide bonds. The molecule has 0 aliphatic carbocycles. The van der Waals surface area contributed by atoms with E-state index in [2.05, 4.69) is 89.9 Å². The molecule has 73 heavy (non-hydrogen) atoms. The minimum atomic E-state index is -4.85. The zero-order valence-corrected chi connectivity index (χ0v) is 45.8. The van der Waals surface area contributed by atoms with Gasteiger partial charge in [-0.15, -0.1) is 0 Å². The molecule has 0 radical (unpaired) electrons. The lowest BCUT2D eigenvalue weighted by Crippen LogP contribution is -2.51. The summed E-state index contributed by atoms with van der Waals surface area (Å²) in [7, 11) is -10.3. The van der Waals surface area contributed by atoms with Gasteiger partial charge in [0.25, 0.3) is 11.5 Å².